The summed E-state index contributed by atoms with van der Waals surface area (Å²) < 4.78 is 5.39. The van der Waals surface area contributed by atoms with Gasteiger partial charge in [0.2, 0.25) is 0 Å². The van der Waals surface area contributed by atoms with Gasteiger partial charge in [0.25, 0.3) is 5.91 Å². The van der Waals surface area contributed by atoms with E-state index in [-0.39, 0.29) is 5.91 Å². The fraction of sp³-hybridized carbons (Fsp3) is 0.192. The minimum absolute atomic E-state index is 0.0475. The number of piperazine rings is 1. The third kappa shape index (κ3) is 4.06. The Morgan fingerprint density at radius 1 is 0.906 bits per heavy atom. The monoisotopic (exact) mass is 443 g/mol. The predicted molar refractivity (Wildman–Crippen MR) is 130 cm³/mol. The van der Waals surface area contributed by atoms with Crippen LogP contribution in [-0.2, 0) is 0 Å². The van der Waals surface area contributed by atoms with Crippen molar-refractivity contribution in [3.8, 4) is 5.75 Å². The molecule has 4 aromatic rings. The zero-order chi connectivity index (χ0) is 21.9. The summed E-state index contributed by atoms with van der Waals surface area (Å²) in [6, 6.07) is 26.5. The van der Waals surface area contributed by atoms with Crippen LogP contribution in [-0.4, -0.2) is 49.1 Å². The van der Waals surface area contributed by atoms with Gasteiger partial charge < -0.3 is 19.5 Å². The first-order valence-electron chi connectivity index (χ1n) is 10.7. The number of carbonyl (C=O) groups excluding carboxylic acids is 1. The van der Waals surface area contributed by atoms with Gasteiger partial charge in [-0.2, -0.15) is 0 Å². The average Bonchev–Trinajstić information content (AvgIpc) is 3.22. The van der Waals surface area contributed by atoms with Crippen LogP contribution in [0, 0.1) is 0 Å². The second-order valence-electron chi connectivity index (χ2n) is 7.77. The third-order valence-corrected chi connectivity index (χ3v) is 6.96. The summed E-state index contributed by atoms with van der Waals surface area (Å²) in [4.78, 5) is 23.4. The Bertz CT molecular complexity index is 1220. The number of hydrogen-bond donors (Lipinski definition) is 1. The van der Waals surface area contributed by atoms with Crippen LogP contribution >= 0.6 is 11.8 Å². The first-order valence-corrected chi connectivity index (χ1v) is 11.6. The molecule has 5 rings (SSSR count). The van der Waals surface area contributed by atoms with Gasteiger partial charge in [-0.05, 0) is 36.4 Å². The number of hydrogen-bond acceptors (Lipinski definition) is 4. The first kappa shape index (κ1) is 20.5. The van der Waals surface area contributed by atoms with Crippen LogP contribution in [0.5, 0.6) is 5.75 Å². The van der Waals surface area contributed by atoms with Crippen LogP contribution in [0.4, 0.5) is 5.69 Å². The number of aromatic amines is 1. The molecule has 0 unspecified atom stereocenters. The topological polar surface area (TPSA) is 48.6 Å². The number of fused-ring (bicyclic) bond motifs is 1. The highest BCUT2D eigenvalue weighted by atomic mass is 32.2. The number of amides is 1. The van der Waals surface area contributed by atoms with Gasteiger partial charge in [0.05, 0.1) is 17.5 Å². The first-order chi connectivity index (χ1) is 15.7. The number of nitrogens with one attached hydrogen (secondary N) is 1. The molecule has 0 radical (unpaired) electrons. The third-order valence-electron chi connectivity index (χ3n) is 5.82. The lowest BCUT2D eigenvalue weighted by Gasteiger charge is -2.36. The fourth-order valence-electron chi connectivity index (χ4n) is 4.11. The maximum Gasteiger partial charge on any atom is 0.271 e. The zero-order valence-corrected chi connectivity index (χ0v) is 18.8. The van der Waals surface area contributed by atoms with Crippen LogP contribution in [0.2, 0.25) is 0 Å². The summed E-state index contributed by atoms with van der Waals surface area (Å²) >= 11 is 1.62. The average molecular weight is 444 g/mol. The lowest BCUT2D eigenvalue weighted by atomic mass is 10.2. The molecule has 1 aliphatic rings. The number of para-hydroxylation sites is 1. The quantitative estimate of drug-likeness (QED) is 0.455. The van der Waals surface area contributed by atoms with E-state index in [4.69, 9.17) is 4.74 Å². The molecule has 0 aliphatic carbocycles. The molecule has 1 amide bonds. The molecule has 1 aromatic heterocycles. The number of H-pyrrole nitrogens is 1. The molecule has 1 aliphatic heterocycles. The van der Waals surface area contributed by atoms with E-state index in [9.17, 15) is 4.79 Å². The van der Waals surface area contributed by atoms with E-state index >= 15 is 0 Å². The Balaban J connectivity index is 1.43. The molecule has 1 saturated heterocycles. The molecule has 5 nitrogen and oxygen atoms in total. The number of nitrogens with zero attached hydrogens (tertiary/aromatic N) is 2. The minimum atomic E-state index is 0.0475. The van der Waals surface area contributed by atoms with E-state index in [1.165, 1.54) is 5.69 Å². The van der Waals surface area contributed by atoms with Crippen molar-refractivity contribution in [3.05, 3.63) is 84.6 Å². The Labute approximate surface area is 192 Å². The van der Waals surface area contributed by atoms with Crippen molar-refractivity contribution in [2.45, 2.75) is 9.79 Å². The molecule has 32 heavy (non-hydrogen) atoms. The van der Waals surface area contributed by atoms with Crippen molar-refractivity contribution in [2.75, 3.05) is 38.2 Å². The maximum atomic E-state index is 13.6. The van der Waals surface area contributed by atoms with E-state index < -0.39 is 0 Å². The standard InChI is InChI=1S/C26H25N3O2S/c1-31-20-12-13-22-23(18-20)27-24(25(22)32-21-10-6-3-7-11-21)26(30)29-16-14-28(15-17-29)19-8-4-2-5-9-19/h2-13,18,27H,14-17H2,1H3. The van der Waals surface area contributed by atoms with Crippen LogP contribution in [0.1, 0.15) is 10.5 Å². The number of anilines is 1. The van der Waals surface area contributed by atoms with Gasteiger partial charge in [-0.25, -0.2) is 0 Å². The molecule has 0 bridgehead atoms. The molecule has 0 spiro atoms. The normalized spacial score (nSPS) is 14.0. The van der Waals surface area contributed by atoms with Crippen LogP contribution < -0.4 is 9.64 Å². The van der Waals surface area contributed by atoms with Gasteiger partial charge in [-0.1, -0.05) is 48.2 Å². The highest BCUT2D eigenvalue weighted by molar-refractivity contribution is 7.99. The van der Waals surface area contributed by atoms with E-state index in [1.54, 1.807) is 18.9 Å². The molecule has 0 atom stereocenters. The number of ether oxygens (including phenoxy) is 1. The lowest BCUT2D eigenvalue weighted by Crippen LogP contribution is -2.49. The van der Waals surface area contributed by atoms with Gasteiger partial charge in [-0.15, -0.1) is 0 Å². The second kappa shape index (κ2) is 9.01. The van der Waals surface area contributed by atoms with Crippen molar-refractivity contribution in [2.24, 2.45) is 0 Å². The van der Waals surface area contributed by atoms with E-state index in [0.717, 1.165) is 39.5 Å². The van der Waals surface area contributed by atoms with Gasteiger partial charge in [-0.3, -0.25) is 4.79 Å². The van der Waals surface area contributed by atoms with Gasteiger partial charge in [0, 0.05) is 48.2 Å². The van der Waals surface area contributed by atoms with Crippen molar-refractivity contribution in [3.63, 3.8) is 0 Å². The Morgan fingerprint density at radius 3 is 2.28 bits per heavy atom. The molecule has 6 heteroatoms. The Kier molecular flexibility index (Phi) is 5.77. The number of rotatable bonds is 5. The summed E-state index contributed by atoms with van der Waals surface area (Å²) in [6.07, 6.45) is 0. The van der Waals surface area contributed by atoms with Gasteiger partial charge in [0.15, 0.2) is 0 Å². The number of methoxy groups -OCH3 is 1. The SMILES string of the molecule is COc1ccc2c(Sc3ccccc3)c(C(=O)N3CCN(c4ccccc4)CC3)[nH]c2c1. The second-order valence-corrected chi connectivity index (χ2v) is 8.85. The zero-order valence-electron chi connectivity index (χ0n) is 18.0. The largest absolute Gasteiger partial charge is 0.497 e. The number of aromatic nitrogens is 1. The summed E-state index contributed by atoms with van der Waals surface area (Å²) in [5, 5.41) is 1.03. The molecule has 162 valence electrons. The highest BCUT2D eigenvalue weighted by Crippen LogP contribution is 2.38. The van der Waals surface area contributed by atoms with E-state index in [0.29, 0.717) is 18.8 Å². The van der Waals surface area contributed by atoms with Crippen LogP contribution in [0.15, 0.2) is 88.7 Å². The smallest absolute Gasteiger partial charge is 0.271 e. The molecule has 3 aromatic carbocycles. The summed E-state index contributed by atoms with van der Waals surface area (Å²) in [5.41, 5.74) is 2.77. The van der Waals surface area contributed by atoms with Crippen LogP contribution in [0.25, 0.3) is 10.9 Å². The van der Waals surface area contributed by atoms with Crippen molar-refractivity contribution in [1.29, 1.82) is 0 Å². The van der Waals surface area contributed by atoms with Crippen LogP contribution in [0.3, 0.4) is 0 Å². The predicted octanol–water partition coefficient (Wildman–Crippen LogP) is 5.29. The summed E-state index contributed by atoms with van der Waals surface area (Å²) in [6.45, 7) is 3.04. The molecular weight excluding hydrogens is 418 g/mol. The molecule has 1 fully saturated rings. The van der Waals surface area contributed by atoms with Gasteiger partial charge >= 0.3 is 0 Å². The fourth-order valence-corrected chi connectivity index (χ4v) is 5.16. The highest BCUT2D eigenvalue weighted by Gasteiger charge is 2.27. The molecule has 0 saturated carbocycles. The lowest BCUT2D eigenvalue weighted by molar-refractivity contribution is 0.0738. The van der Waals surface area contributed by atoms with Gasteiger partial charge in [0.1, 0.15) is 11.4 Å². The molecule has 1 N–H and O–H groups in total. The molecule has 2 heterocycles. The summed E-state index contributed by atoms with van der Waals surface area (Å²) in [7, 11) is 1.65. The Morgan fingerprint density at radius 2 is 1.59 bits per heavy atom. The van der Waals surface area contributed by atoms with Crippen molar-refractivity contribution < 1.29 is 9.53 Å². The Hall–Kier alpha value is -3.38. The van der Waals surface area contributed by atoms with E-state index in [2.05, 4.69) is 46.3 Å². The maximum absolute atomic E-state index is 13.6. The summed E-state index contributed by atoms with van der Waals surface area (Å²) in [5.74, 6) is 0.816. The minimum Gasteiger partial charge on any atom is -0.497 e. The van der Waals surface area contributed by atoms with Crippen molar-refractivity contribution in [1.82, 2.24) is 9.88 Å². The number of carbonyl (C=O) groups is 1. The molecular formula is C26H25N3O2S. The van der Waals surface area contributed by atoms with Crippen molar-refractivity contribution >= 4 is 34.3 Å². The van der Waals surface area contributed by atoms with E-state index in [1.807, 2.05) is 47.4 Å². The number of benzene rings is 3.